The number of carboxylic acid groups (broad SMARTS) is 1. The van der Waals surface area contributed by atoms with Crippen molar-refractivity contribution in [2.24, 2.45) is 11.3 Å². The molecule has 0 aromatic carbocycles. The van der Waals surface area contributed by atoms with E-state index in [1.54, 1.807) is 0 Å². The Labute approximate surface area is 98.8 Å². The number of nitrogens with zero attached hydrogens (tertiary/aromatic N) is 1. The molecule has 0 aromatic rings. The van der Waals surface area contributed by atoms with Crippen LogP contribution in [0.3, 0.4) is 0 Å². The molecule has 0 heterocycles. The van der Waals surface area contributed by atoms with E-state index in [2.05, 4.69) is 18.7 Å². The number of carbonyl (C=O) groups is 1. The molecule has 0 spiro atoms. The number of rotatable bonds is 5. The molecule has 0 radical (unpaired) electrons. The molecule has 0 aliphatic heterocycles. The first-order chi connectivity index (χ1) is 7.50. The Morgan fingerprint density at radius 1 is 1.56 bits per heavy atom. The molecule has 16 heavy (non-hydrogen) atoms. The van der Waals surface area contributed by atoms with E-state index in [9.17, 15) is 9.90 Å². The van der Waals surface area contributed by atoms with Crippen LogP contribution in [0.1, 0.15) is 46.0 Å². The number of hydrogen-bond donors (Lipinski definition) is 1. The van der Waals surface area contributed by atoms with Gasteiger partial charge in [-0.2, -0.15) is 0 Å². The van der Waals surface area contributed by atoms with Crippen molar-refractivity contribution in [2.45, 2.75) is 46.0 Å². The van der Waals surface area contributed by atoms with Gasteiger partial charge in [0.1, 0.15) is 0 Å². The van der Waals surface area contributed by atoms with Gasteiger partial charge in [0.2, 0.25) is 0 Å². The summed E-state index contributed by atoms with van der Waals surface area (Å²) in [6.07, 6.45) is 5.03. The fourth-order valence-corrected chi connectivity index (χ4v) is 3.04. The second kappa shape index (κ2) is 5.67. The first-order valence-corrected chi connectivity index (χ1v) is 6.42. The molecule has 0 bridgehead atoms. The summed E-state index contributed by atoms with van der Waals surface area (Å²) >= 11 is 0. The largest absolute Gasteiger partial charge is 0.481 e. The third-order valence-electron chi connectivity index (χ3n) is 3.72. The van der Waals surface area contributed by atoms with E-state index < -0.39 is 11.4 Å². The Morgan fingerprint density at radius 2 is 2.25 bits per heavy atom. The molecule has 3 heteroatoms. The van der Waals surface area contributed by atoms with E-state index in [1.807, 2.05) is 7.05 Å². The Morgan fingerprint density at radius 3 is 2.75 bits per heavy atom. The minimum atomic E-state index is -0.595. The van der Waals surface area contributed by atoms with E-state index >= 15 is 0 Å². The lowest BCUT2D eigenvalue weighted by atomic mass is 9.70. The quantitative estimate of drug-likeness (QED) is 0.785. The van der Waals surface area contributed by atoms with E-state index in [1.165, 1.54) is 6.42 Å². The Balaban J connectivity index is 2.68. The van der Waals surface area contributed by atoms with Crippen LogP contribution in [0.4, 0.5) is 0 Å². The summed E-state index contributed by atoms with van der Waals surface area (Å²) in [7, 11) is 2.04. The van der Waals surface area contributed by atoms with E-state index in [4.69, 9.17) is 0 Å². The highest BCUT2D eigenvalue weighted by molar-refractivity contribution is 5.75. The fourth-order valence-electron chi connectivity index (χ4n) is 3.04. The maximum absolute atomic E-state index is 11.5. The smallest absolute Gasteiger partial charge is 0.310 e. The first kappa shape index (κ1) is 13.5. The number of aliphatic carboxylic acids is 1. The fraction of sp³-hybridized carbons (Fsp3) is 0.923. The van der Waals surface area contributed by atoms with Crippen LogP contribution in [0, 0.1) is 11.3 Å². The lowest BCUT2D eigenvalue weighted by Crippen LogP contribution is -2.45. The SMILES string of the molecule is CCCN(C)CC1(C(=O)O)CCCC(C)C1. The topological polar surface area (TPSA) is 40.5 Å². The molecular formula is C13H25NO2. The third-order valence-corrected chi connectivity index (χ3v) is 3.72. The molecule has 0 saturated heterocycles. The van der Waals surface area contributed by atoms with Crippen molar-refractivity contribution in [3.05, 3.63) is 0 Å². The predicted octanol–water partition coefficient (Wildman–Crippen LogP) is 2.61. The lowest BCUT2D eigenvalue weighted by Gasteiger charge is -2.39. The van der Waals surface area contributed by atoms with Gasteiger partial charge in [-0.15, -0.1) is 0 Å². The number of carboxylic acids is 1. The van der Waals surface area contributed by atoms with Gasteiger partial charge in [-0.25, -0.2) is 0 Å². The van der Waals surface area contributed by atoms with E-state index in [0.717, 1.165) is 32.2 Å². The molecule has 1 aliphatic rings. The molecule has 1 N–H and O–H groups in total. The predicted molar refractivity (Wildman–Crippen MR) is 65.5 cm³/mol. The molecule has 3 nitrogen and oxygen atoms in total. The van der Waals surface area contributed by atoms with Gasteiger partial charge >= 0.3 is 5.97 Å². The molecule has 1 fully saturated rings. The molecule has 0 amide bonds. The standard InChI is InChI=1S/C13H25NO2/c1-4-8-14(3)10-13(12(15)16)7-5-6-11(2)9-13/h11H,4-10H2,1-3H3,(H,15,16). The molecule has 0 aromatic heterocycles. The second-order valence-corrected chi connectivity index (χ2v) is 5.52. The highest BCUT2D eigenvalue weighted by Crippen LogP contribution is 2.40. The van der Waals surface area contributed by atoms with Crippen LogP contribution in [-0.2, 0) is 4.79 Å². The monoisotopic (exact) mass is 227 g/mol. The van der Waals surface area contributed by atoms with Gasteiger partial charge in [0.15, 0.2) is 0 Å². The van der Waals surface area contributed by atoms with Crippen molar-refractivity contribution >= 4 is 5.97 Å². The first-order valence-electron chi connectivity index (χ1n) is 6.42. The van der Waals surface area contributed by atoms with E-state index in [0.29, 0.717) is 12.5 Å². The summed E-state index contributed by atoms with van der Waals surface area (Å²) in [4.78, 5) is 13.7. The zero-order chi connectivity index (χ0) is 12.2. The van der Waals surface area contributed by atoms with Gasteiger partial charge in [-0.3, -0.25) is 4.79 Å². The van der Waals surface area contributed by atoms with Crippen LogP contribution in [0.2, 0.25) is 0 Å². The molecule has 2 atom stereocenters. The molecular weight excluding hydrogens is 202 g/mol. The molecule has 2 unspecified atom stereocenters. The van der Waals surface area contributed by atoms with Crippen LogP contribution in [0.5, 0.6) is 0 Å². The Kier molecular flexibility index (Phi) is 4.78. The normalized spacial score (nSPS) is 30.6. The van der Waals surface area contributed by atoms with Crippen molar-refractivity contribution in [2.75, 3.05) is 20.1 Å². The minimum absolute atomic E-state index is 0.485. The summed E-state index contributed by atoms with van der Waals surface area (Å²) in [6.45, 7) is 6.01. The van der Waals surface area contributed by atoms with Crippen molar-refractivity contribution in [1.82, 2.24) is 4.90 Å². The average molecular weight is 227 g/mol. The van der Waals surface area contributed by atoms with Crippen LogP contribution < -0.4 is 0 Å². The zero-order valence-electron chi connectivity index (χ0n) is 10.8. The van der Waals surface area contributed by atoms with Gasteiger partial charge in [-0.05, 0) is 38.8 Å². The van der Waals surface area contributed by atoms with Crippen molar-refractivity contribution < 1.29 is 9.90 Å². The molecule has 1 saturated carbocycles. The molecule has 1 rings (SSSR count). The highest BCUT2D eigenvalue weighted by atomic mass is 16.4. The summed E-state index contributed by atoms with van der Waals surface area (Å²) < 4.78 is 0. The summed E-state index contributed by atoms with van der Waals surface area (Å²) in [5, 5.41) is 9.50. The van der Waals surface area contributed by atoms with Gasteiger partial charge < -0.3 is 10.0 Å². The van der Waals surface area contributed by atoms with Gasteiger partial charge in [0.05, 0.1) is 5.41 Å². The van der Waals surface area contributed by atoms with Crippen molar-refractivity contribution in [1.29, 1.82) is 0 Å². The van der Waals surface area contributed by atoms with Crippen molar-refractivity contribution in [3.8, 4) is 0 Å². The summed E-state index contributed by atoms with van der Waals surface area (Å²) in [6, 6.07) is 0. The summed E-state index contributed by atoms with van der Waals surface area (Å²) in [5.74, 6) is -0.0399. The second-order valence-electron chi connectivity index (χ2n) is 5.52. The minimum Gasteiger partial charge on any atom is -0.481 e. The Hall–Kier alpha value is -0.570. The van der Waals surface area contributed by atoms with Crippen LogP contribution >= 0.6 is 0 Å². The third kappa shape index (κ3) is 3.21. The van der Waals surface area contributed by atoms with E-state index in [-0.39, 0.29) is 0 Å². The zero-order valence-corrected chi connectivity index (χ0v) is 10.8. The number of hydrogen-bond acceptors (Lipinski definition) is 2. The van der Waals surface area contributed by atoms with Gasteiger partial charge in [0.25, 0.3) is 0 Å². The molecule has 1 aliphatic carbocycles. The van der Waals surface area contributed by atoms with Gasteiger partial charge in [-0.1, -0.05) is 26.7 Å². The summed E-state index contributed by atoms with van der Waals surface area (Å²) in [5.41, 5.74) is -0.485. The van der Waals surface area contributed by atoms with Gasteiger partial charge in [0, 0.05) is 6.54 Å². The maximum atomic E-state index is 11.5. The van der Waals surface area contributed by atoms with Crippen LogP contribution in [0.25, 0.3) is 0 Å². The van der Waals surface area contributed by atoms with Crippen LogP contribution in [-0.4, -0.2) is 36.1 Å². The van der Waals surface area contributed by atoms with Crippen molar-refractivity contribution in [3.63, 3.8) is 0 Å². The van der Waals surface area contributed by atoms with Crippen LogP contribution in [0.15, 0.2) is 0 Å². The lowest BCUT2D eigenvalue weighted by molar-refractivity contribution is -0.153. The Bertz CT molecular complexity index is 242. The highest BCUT2D eigenvalue weighted by Gasteiger charge is 2.42. The molecule has 94 valence electrons. The maximum Gasteiger partial charge on any atom is 0.310 e. The average Bonchev–Trinajstić information content (AvgIpc) is 2.17.